The van der Waals surface area contributed by atoms with E-state index in [1.165, 1.54) is 0 Å². The highest BCUT2D eigenvalue weighted by Crippen LogP contribution is 2.28. The first kappa shape index (κ1) is 12.9. The molecule has 0 spiro atoms. The molecule has 1 aromatic rings. The molecule has 0 saturated carbocycles. The predicted molar refractivity (Wildman–Crippen MR) is 68.2 cm³/mol. The molecule has 1 fully saturated rings. The Kier molecular flexibility index (Phi) is 3.48. The van der Waals surface area contributed by atoms with Crippen LogP contribution in [0.1, 0.15) is 31.7 Å². The van der Waals surface area contributed by atoms with Crippen LogP contribution in [0, 0.1) is 6.92 Å². The number of likely N-dealkylation sites (tertiary alicyclic amines) is 1. The van der Waals surface area contributed by atoms with E-state index < -0.39 is 5.60 Å². The molecule has 0 aromatic carbocycles. The SMILES string of the molecule is CCn1nc(C)c(Cl)c1CN1CC(O)(CC)C1. The van der Waals surface area contributed by atoms with Crippen molar-refractivity contribution in [3.05, 3.63) is 16.4 Å². The fraction of sp³-hybridized carbons (Fsp3) is 0.750. The Morgan fingerprint density at radius 3 is 2.59 bits per heavy atom. The van der Waals surface area contributed by atoms with Crippen LogP contribution in [0.5, 0.6) is 0 Å². The lowest BCUT2D eigenvalue weighted by molar-refractivity contribution is -0.104. The van der Waals surface area contributed by atoms with Gasteiger partial charge in [0.2, 0.25) is 0 Å². The van der Waals surface area contributed by atoms with E-state index in [1.807, 2.05) is 18.5 Å². The van der Waals surface area contributed by atoms with Crippen LogP contribution in [-0.2, 0) is 13.1 Å². The molecule has 4 nitrogen and oxygen atoms in total. The number of rotatable bonds is 4. The molecule has 1 saturated heterocycles. The van der Waals surface area contributed by atoms with Gasteiger partial charge in [-0.1, -0.05) is 18.5 Å². The van der Waals surface area contributed by atoms with E-state index in [2.05, 4.69) is 16.9 Å². The van der Waals surface area contributed by atoms with Crippen molar-refractivity contribution in [2.75, 3.05) is 13.1 Å². The summed E-state index contributed by atoms with van der Waals surface area (Å²) >= 11 is 6.25. The lowest BCUT2D eigenvalue weighted by atomic mass is 9.91. The zero-order valence-corrected chi connectivity index (χ0v) is 11.5. The fourth-order valence-corrected chi connectivity index (χ4v) is 2.55. The van der Waals surface area contributed by atoms with Crippen LogP contribution in [-0.4, -0.2) is 38.5 Å². The van der Waals surface area contributed by atoms with E-state index in [-0.39, 0.29) is 0 Å². The smallest absolute Gasteiger partial charge is 0.0897 e. The molecule has 0 unspecified atom stereocenters. The van der Waals surface area contributed by atoms with Gasteiger partial charge in [-0.2, -0.15) is 5.10 Å². The number of aryl methyl sites for hydroxylation is 2. The standard InChI is InChI=1S/C12H20ClN3O/c1-4-12(17)7-15(8-12)6-10-11(13)9(3)14-16(10)5-2/h17H,4-8H2,1-3H3. The first-order valence-corrected chi connectivity index (χ1v) is 6.53. The molecular formula is C12H20ClN3O. The largest absolute Gasteiger partial charge is 0.387 e. The Morgan fingerprint density at radius 1 is 1.41 bits per heavy atom. The topological polar surface area (TPSA) is 41.3 Å². The van der Waals surface area contributed by atoms with E-state index >= 15 is 0 Å². The van der Waals surface area contributed by atoms with E-state index in [9.17, 15) is 5.11 Å². The summed E-state index contributed by atoms with van der Waals surface area (Å²) < 4.78 is 1.95. The van der Waals surface area contributed by atoms with Crippen molar-refractivity contribution < 1.29 is 5.11 Å². The Balaban J connectivity index is 2.05. The Bertz CT molecular complexity index is 410. The number of hydrogen-bond acceptors (Lipinski definition) is 3. The van der Waals surface area contributed by atoms with Crippen molar-refractivity contribution in [1.29, 1.82) is 0 Å². The summed E-state index contributed by atoms with van der Waals surface area (Å²) in [5.41, 5.74) is 1.46. The molecule has 1 aromatic heterocycles. The number of aliphatic hydroxyl groups is 1. The van der Waals surface area contributed by atoms with Crippen LogP contribution in [0.15, 0.2) is 0 Å². The van der Waals surface area contributed by atoms with Crippen LogP contribution >= 0.6 is 11.6 Å². The van der Waals surface area contributed by atoms with Gasteiger partial charge < -0.3 is 5.11 Å². The van der Waals surface area contributed by atoms with Crippen LogP contribution in [0.2, 0.25) is 5.02 Å². The van der Waals surface area contributed by atoms with Gasteiger partial charge in [-0.3, -0.25) is 9.58 Å². The normalized spacial score (nSPS) is 19.4. The maximum absolute atomic E-state index is 9.97. The van der Waals surface area contributed by atoms with Gasteiger partial charge in [0.15, 0.2) is 0 Å². The highest BCUT2D eigenvalue weighted by molar-refractivity contribution is 6.31. The summed E-state index contributed by atoms with van der Waals surface area (Å²) in [5.74, 6) is 0. The zero-order valence-electron chi connectivity index (χ0n) is 10.7. The molecule has 17 heavy (non-hydrogen) atoms. The summed E-state index contributed by atoms with van der Waals surface area (Å²) in [6.07, 6.45) is 0.809. The quantitative estimate of drug-likeness (QED) is 0.895. The number of aromatic nitrogens is 2. The molecule has 0 atom stereocenters. The van der Waals surface area contributed by atoms with Gasteiger partial charge in [0.1, 0.15) is 0 Å². The molecule has 0 aliphatic carbocycles. The predicted octanol–water partition coefficient (Wildman–Crippen LogP) is 1.82. The summed E-state index contributed by atoms with van der Waals surface area (Å²) in [6.45, 7) is 9.07. The average Bonchev–Trinajstić information content (AvgIpc) is 2.54. The minimum absolute atomic E-state index is 0.488. The van der Waals surface area contributed by atoms with Gasteiger partial charge in [0, 0.05) is 26.2 Å². The Hall–Kier alpha value is -0.580. The molecule has 1 aliphatic heterocycles. The summed E-state index contributed by atoms with van der Waals surface area (Å²) in [7, 11) is 0. The Morgan fingerprint density at radius 2 is 2.06 bits per heavy atom. The molecule has 0 bridgehead atoms. The first-order valence-electron chi connectivity index (χ1n) is 6.15. The molecule has 5 heteroatoms. The molecule has 0 amide bonds. The summed E-state index contributed by atoms with van der Waals surface area (Å²) in [4.78, 5) is 2.21. The van der Waals surface area contributed by atoms with Gasteiger partial charge in [0.25, 0.3) is 0 Å². The number of nitrogens with zero attached hydrogens (tertiary/aromatic N) is 3. The van der Waals surface area contributed by atoms with E-state index in [4.69, 9.17) is 11.6 Å². The summed E-state index contributed by atoms with van der Waals surface area (Å²) in [5, 5.41) is 15.1. The molecule has 2 rings (SSSR count). The number of hydrogen-bond donors (Lipinski definition) is 1. The third-order valence-corrected chi connectivity index (χ3v) is 4.01. The number of β-amino-alcohol motifs (C(OH)–C–C–N with tert-alkyl or cyclic N) is 1. The minimum atomic E-state index is -0.488. The average molecular weight is 258 g/mol. The summed E-state index contributed by atoms with van der Waals surface area (Å²) in [6, 6.07) is 0. The van der Waals surface area contributed by atoms with Crippen LogP contribution in [0.25, 0.3) is 0 Å². The van der Waals surface area contributed by atoms with E-state index in [0.717, 1.165) is 49.0 Å². The molecule has 1 N–H and O–H groups in total. The van der Waals surface area contributed by atoms with Crippen molar-refractivity contribution >= 4 is 11.6 Å². The van der Waals surface area contributed by atoms with E-state index in [1.54, 1.807) is 0 Å². The van der Waals surface area contributed by atoms with Gasteiger partial charge in [-0.05, 0) is 20.3 Å². The third-order valence-electron chi connectivity index (χ3n) is 3.52. The number of halogens is 1. The third kappa shape index (κ3) is 2.34. The molecule has 2 heterocycles. The fourth-order valence-electron chi connectivity index (χ4n) is 2.35. The highest BCUT2D eigenvalue weighted by Gasteiger charge is 2.39. The van der Waals surface area contributed by atoms with E-state index in [0.29, 0.717) is 0 Å². The second kappa shape index (κ2) is 4.59. The van der Waals surface area contributed by atoms with Crippen molar-refractivity contribution in [3.63, 3.8) is 0 Å². The minimum Gasteiger partial charge on any atom is -0.387 e. The van der Waals surface area contributed by atoms with Crippen LogP contribution in [0.4, 0.5) is 0 Å². The molecule has 96 valence electrons. The highest BCUT2D eigenvalue weighted by atomic mass is 35.5. The second-order valence-corrected chi connectivity index (χ2v) is 5.26. The first-order chi connectivity index (χ1) is 7.99. The van der Waals surface area contributed by atoms with Crippen molar-refractivity contribution in [2.24, 2.45) is 0 Å². The maximum Gasteiger partial charge on any atom is 0.0897 e. The Labute approximate surface area is 107 Å². The molecule has 0 radical (unpaired) electrons. The van der Waals surface area contributed by atoms with Crippen LogP contribution in [0.3, 0.4) is 0 Å². The lowest BCUT2D eigenvalue weighted by Crippen LogP contribution is -2.60. The second-order valence-electron chi connectivity index (χ2n) is 4.88. The monoisotopic (exact) mass is 257 g/mol. The lowest BCUT2D eigenvalue weighted by Gasteiger charge is -2.46. The zero-order chi connectivity index (χ0) is 12.6. The van der Waals surface area contributed by atoms with Crippen molar-refractivity contribution in [1.82, 2.24) is 14.7 Å². The molecular weight excluding hydrogens is 238 g/mol. The van der Waals surface area contributed by atoms with Crippen LogP contribution < -0.4 is 0 Å². The van der Waals surface area contributed by atoms with Gasteiger partial charge in [0.05, 0.1) is 22.0 Å². The maximum atomic E-state index is 9.97. The van der Waals surface area contributed by atoms with Crippen molar-refractivity contribution in [2.45, 2.75) is 45.9 Å². The van der Waals surface area contributed by atoms with Gasteiger partial charge in [-0.15, -0.1) is 0 Å². The molecule has 1 aliphatic rings. The van der Waals surface area contributed by atoms with Crippen molar-refractivity contribution in [3.8, 4) is 0 Å². The van der Waals surface area contributed by atoms with Gasteiger partial charge >= 0.3 is 0 Å². The van der Waals surface area contributed by atoms with Gasteiger partial charge in [-0.25, -0.2) is 0 Å².